The Kier molecular flexibility index (Phi) is 5.44. The Morgan fingerprint density at radius 3 is 1.12 bits per heavy atom. The van der Waals surface area contributed by atoms with Crippen molar-refractivity contribution in [3.63, 3.8) is 0 Å². The molecule has 0 saturated carbocycles. The largest absolute Gasteiger partial charge is 0.393 e. The fourth-order valence-corrected chi connectivity index (χ4v) is 1.32. The lowest BCUT2D eigenvalue weighted by molar-refractivity contribution is -0.0242. The highest BCUT2D eigenvalue weighted by Gasteiger charge is 2.29. The van der Waals surface area contributed by atoms with Gasteiger partial charge in [-0.1, -0.05) is 41.5 Å². The molecule has 3 heteroatoms. The Bertz CT molecular complexity index is 178. The molecule has 0 aromatic rings. The minimum absolute atomic E-state index is 0.229. The zero-order chi connectivity index (χ0) is 13.1. The topological polar surface area (TPSA) is 60.7 Å². The van der Waals surface area contributed by atoms with Gasteiger partial charge in [0.25, 0.3) is 0 Å². The van der Waals surface area contributed by atoms with Crippen molar-refractivity contribution in [3.05, 3.63) is 0 Å². The van der Waals surface area contributed by atoms with Crippen LogP contribution in [0.1, 0.15) is 54.4 Å². The molecule has 0 rings (SSSR count). The van der Waals surface area contributed by atoms with Gasteiger partial charge in [-0.05, 0) is 23.7 Å². The van der Waals surface area contributed by atoms with E-state index < -0.39 is 18.3 Å². The standard InChI is InChI=1S/C13H28O3/c1-12(2,3)10(15)7-9(14)8-11(16)13(4,5)6/h9-11,14-16H,7-8H2,1-6H3/t9?,10-,11+. The summed E-state index contributed by atoms with van der Waals surface area (Å²) < 4.78 is 0. The molecule has 1 unspecified atom stereocenters. The van der Waals surface area contributed by atoms with Crippen molar-refractivity contribution in [2.24, 2.45) is 10.8 Å². The molecule has 98 valence electrons. The molecule has 0 radical (unpaired) electrons. The van der Waals surface area contributed by atoms with Gasteiger partial charge in [-0.15, -0.1) is 0 Å². The van der Waals surface area contributed by atoms with Gasteiger partial charge in [-0.25, -0.2) is 0 Å². The predicted octanol–water partition coefficient (Wildman–Crippen LogP) is 1.94. The summed E-state index contributed by atoms with van der Waals surface area (Å²) in [5.74, 6) is 0. The van der Waals surface area contributed by atoms with E-state index >= 15 is 0 Å². The van der Waals surface area contributed by atoms with E-state index in [4.69, 9.17) is 0 Å². The van der Waals surface area contributed by atoms with Crippen LogP contribution in [0.15, 0.2) is 0 Å². The molecular formula is C13H28O3. The molecule has 0 amide bonds. The maximum atomic E-state index is 9.83. The van der Waals surface area contributed by atoms with Gasteiger partial charge < -0.3 is 15.3 Å². The van der Waals surface area contributed by atoms with E-state index in [0.717, 1.165) is 0 Å². The summed E-state index contributed by atoms with van der Waals surface area (Å²) in [6, 6.07) is 0. The Morgan fingerprint density at radius 1 is 0.688 bits per heavy atom. The Labute approximate surface area is 99.5 Å². The number of aliphatic hydroxyl groups is 3. The molecule has 0 aliphatic rings. The summed E-state index contributed by atoms with van der Waals surface area (Å²) in [6.45, 7) is 11.6. The summed E-state index contributed by atoms with van der Waals surface area (Å²) in [6.07, 6.45) is -1.11. The molecule has 0 aliphatic carbocycles. The van der Waals surface area contributed by atoms with Gasteiger partial charge in [-0.3, -0.25) is 0 Å². The molecule has 3 nitrogen and oxygen atoms in total. The number of hydrogen-bond donors (Lipinski definition) is 3. The van der Waals surface area contributed by atoms with Crippen LogP contribution >= 0.6 is 0 Å². The molecule has 0 aromatic heterocycles. The van der Waals surface area contributed by atoms with Crippen LogP contribution in [0.25, 0.3) is 0 Å². The molecule has 0 bridgehead atoms. The van der Waals surface area contributed by atoms with Crippen molar-refractivity contribution in [1.82, 2.24) is 0 Å². The van der Waals surface area contributed by atoms with E-state index in [2.05, 4.69) is 0 Å². The van der Waals surface area contributed by atoms with Crippen molar-refractivity contribution in [1.29, 1.82) is 0 Å². The fraction of sp³-hybridized carbons (Fsp3) is 1.00. The van der Waals surface area contributed by atoms with Crippen LogP contribution in [0.2, 0.25) is 0 Å². The fourth-order valence-electron chi connectivity index (χ4n) is 1.32. The van der Waals surface area contributed by atoms with Crippen molar-refractivity contribution in [2.45, 2.75) is 72.7 Å². The Balaban J connectivity index is 4.15. The quantitative estimate of drug-likeness (QED) is 0.694. The van der Waals surface area contributed by atoms with Gasteiger partial charge in [0.05, 0.1) is 18.3 Å². The molecule has 0 heterocycles. The van der Waals surface area contributed by atoms with Gasteiger partial charge in [0.15, 0.2) is 0 Å². The van der Waals surface area contributed by atoms with E-state index in [0.29, 0.717) is 12.8 Å². The van der Waals surface area contributed by atoms with Crippen molar-refractivity contribution in [3.8, 4) is 0 Å². The smallest absolute Gasteiger partial charge is 0.0613 e. The third-order valence-electron chi connectivity index (χ3n) is 2.99. The molecular weight excluding hydrogens is 204 g/mol. The molecule has 3 N–H and O–H groups in total. The summed E-state index contributed by atoms with van der Waals surface area (Å²) in [5.41, 5.74) is -0.457. The summed E-state index contributed by atoms with van der Waals surface area (Å²) in [7, 11) is 0. The second kappa shape index (κ2) is 5.48. The van der Waals surface area contributed by atoms with E-state index in [1.54, 1.807) is 0 Å². The SMILES string of the molecule is CC(C)(C)[C@H](O)CC(O)C[C@H](O)C(C)(C)C. The average Bonchev–Trinajstić information content (AvgIpc) is 1.99. The first-order valence-corrected chi connectivity index (χ1v) is 5.98. The minimum atomic E-state index is -0.650. The average molecular weight is 232 g/mol. The normalized spacial score (nSPS) is 19.3. The first-order valence-electron chi connectivity index (χ1n) is 5.98. The maximum Gasteiger partial charge on any atom is 0.0613 e. The molecule has 16 heavy (non-hydrogen) atoms. The van der Waals surface area contributed by atoms with Crippen molar-refractivity contribution < 1.29 is 15.3 Å². The van der Waals surface area contributed by atoms with E-state index in [-0.39, 0.29) is 10.8 Å². The van der Waals surface area contributed by atoms with Crippen LogP contribution in [-0.4, -0.2) is 33.6 Å². The van der Waals surface area contributed by atoms with Crippen LogP contribution in [0, 0.1) is 10.8 Å². The zero-order valence-corrected chi connectivity index (χ0v) is 11.5. The highest BCUT2D eigenvalue weighted by atomic mass is 16.3. The lowest BCUT2D eigenvalue weighted by Gasteiger charge is -2.31. The first kappa shape index (κ1) is 15.9. The molecule has 0 spiro atoms. The number of hydrogen-bond acceptors (Lipinski definition) is 3. The van der Waals surface area contributed by atoms with Crippen LogP contribution in [0.4, 0.5) is 0 Å². The zero-order valence-electron chi connectivity index (χ0n) is 11.5. The second-order valence-corrected chi connectivity index (χ2v) is 6.89. The summed E-state index contributed by atoms with van der Waals surface area (Å²) in [4.78, 5) is 0. The van der Waals surface area contributed by atoms with Crippen molar-refractivity contribution in [2.75, 3.05) is 0 Å². The van der Waals surface area contributed by atoms with Crippen LogP contribution in [-0.2, 0) is 0 Å². The van der Waals surface area contributed by atoms with Gasteiger partial charge >= 0.3 is 0 Å². The summed E-state index contributed by atoms with van der Waals surface area (Å²) in [5, 5.41) is 29.5. The van der Waals surface area contributed by atoms with Gasteiger partial charge in [0.2, 0.25) is 0 Å². The van der Waals surface area contributed by atoms with E-state index in [9.17, 15) is 15.3 Å². The maximum absolute atomic E-state index is 9.83. The molecule has 0 saturated heterocycles. The van der Waals surface area contributed by atoms with Crippen LogP contribution < -0.4 is 0 Å². The second-order valence-electron chi connectivity index (χ2n) is 6.89. The third kappa shape index (κ3) is 5.83. The summed E-state index contributed by atoms with van der Waals surface area (Å²) >= 11 is 0. The molecule has 3 atom stereocenters. The molecule has 0 aromatic carbocycles. The van der Waals surface area contributed by atoms with Gasteiger partial charge in [-0.2, -0.15) is 0 Å². The Hall–Kier alpha value is -0.120. The predicted molar refractivity (Wildman–Crippen MR) is 66.2 cm³/mol. The van der Waals surface area contributed by atoms with Crippen LogP contribution in [0.3, 0.4) is 0 Å². The van der Waals surface area contributed by atoms with Gasteiger partial charge in [0, 0.05) is 0 Å². The van der Waals surface area contributed by atoms with E-state index in [1.807, 2.05) is 41.5 Å². The third-order valence-corrected chi connectivity index (χ3v) is 2.99. The lowest BCUT2D eigenvalue weighted by Crippen LogP contribution is -2.35. The monoisotopic (exact) mass is 232 g/mol. The number of aliphatic hydroxyl groups excluding tert-OH is 3. The number of rotatable bonds is 4. The Morgan fingerprint density at radius 2 is 0.938 bits per heavy atom. The molecule has 0 aliphatic heterocycles. The lowest BCUT2D eigenvalue weighted by atomic mass is 9.82. The van der Waals surface area contributed by atoms with E-state index in [1.165, 1.54) is 0 Å². The highest BCUT2D eigenvalue weighted by molar-refractivity contribution is 4.80. The van der Waals surface area contributed by atoms with Crippen molar-refractivity contribution >= 4 is 0 Å². The first-order chi connectivity index (χ1) is 6.94. The van der Waals surface area contributed by atoms with Gasteiger partial charge in [0.1, 0.15) is 0 Å². The molecule has 0 fully saturated rings. The minimum Gasteiger partial charge on any atom is -0.393 e. The van der Waals surface area contributed by atoms with Crippen LogP contribution in [0.5, 0.6) is 0 Å². The highest BCUT2D eigenvalue weighted by Crippen LogP contribution is 2.27.